The fourth-order valence-electron chi connectivity index (χ4n) is 2.80. The molecule has 0 unspecified atom stereocenters. The number of nitrogens with zero attached hydrogens (tertiary/aromatic N) is 1. The second-order valence-electron chi connectivity index (χ2n) is 5.45. The summed E-state index contributed by atoms with van der Waals surface area (Å²) in [7, 11) is 0. The summed E-state index contributed by atoms with van der Waals surface area (Å²) in [5.74, 6) is 0. The van der Waals surface area contributed by atoms with Gasteiger partial charge in [0.15, 0.2) is 0 Å². The van der Waals surface area contributed by atoms with Crippen LogP contribution in [0.2, 0.25) is 0 Å². The average Bonchev–Trinajstić information content (AvgIpc) is 2.94. The van der Waals surface area contributed by atoms with Crippen molar-refractivity contribution in [2.45, 2.75) is 13.0 Å². The highest BCUT2D eigenvalue weighted by Gasteiger charge is 2.08. The maximum atomic E-state index is 5.21. The number of nitrogens with one attached hydrogen (secondary N) is 1. The minimum atomic E-state index is 0.859. The van der Waals surface area contributed by atoms with Crippen molar-refractivity contribution in [2.24, 2.45) is 0 Å². The van der Waals surface area contributed by atoms with E-state index in [1.165, 1.54) is 22.0 Å². The quantitative estimate of drug-likeness (QED) is 0.691. The topological polar surface area (TPSA) is 17.0 Å². The van der Waals surface area contributed by atoms with E-state index < -0.39 is 0 Å². The first kappa shape index (κ1) is 16.1. The number of benzene rings is 2. The first-order chi connectivity index (χ1) is 11.3. The van der Waals surface area contributed by atoms with Crippen LogP contribution >= 0.6 is 24.0 Å². The van der Waals surface area contributed by atoms with Crippen LogP contribution in [-0.4, -0.2) is 21.7 Å². The van der Waals surface area contributed by atoms with Crippen LogP contribution in [0.1, 0.15) is 11.1 Å². The third kappa shape index (κ3) is 3.95. The second kappa shape index (κ2) is 7.66. The summed E-state index contributed by atoms with van der Waals surface area (Å²) in [6.07, 6.45) is 5.26. The molecule has 0 saturated carbocycles. The highest BCUT2D eigenvalue weighted by atomic mass is 32.2. The third-order valence-electron chi connectivity index (χ3n) is 3.92. The van der Waals surface area contributed by atoms with Crippen LogP contribution in [0.5, 0.6) is 0 Å². The Labute approximate surface area is 146 Å². The number of thiocarbonyl (C=S) groups is 1. The molecule has 2 nitrogen and oxygen atoms in total. The molecule has 1 aromatic heterocycles. The Morgan fingerprint density at radius 1 is 1.09 bits per heavy atom. The predicted molar refractivity (Wildman–Crippen MR) is 105 cm³/mol. The smallest absolute Gasteiger partial charge is 0.133 e. The van der Waals surface area contributed by atoms with Crippen molar-refractivity contribution in [1.29, 1.82) is 0 Å². The summed E-state index contributed by atoms with van der Waals surface area (Å²) in [5.41, 5.74) is 3.98. The highest BCUT2D eigenvalue weighted by Crippen LogP contribution is 2.22. The summed E-state index contributed by atoms with van der Waals surface area (Å²) in [4.78, 5) is 0. The van der Waals surface area contributed by atoms with Crippen molar-refractivity contribution in [1.82, 2.24) is 9.88 Å². The Hall–Kier alpha value is -1.78. The van der Waals surface area contributed by atoms with E-state index in [-0.39, 0.29) is 0 Å². The van der Waals surface area contributed by atoms with Crippen LogP contribution in [0.4, 0.5) is 0 Å². The molecular formula is C19H20N2S2. The molecule has 0 bridgehead atoms. The van der Waals surface area contributed by atoms with E-state index in [4.69, 9.17) is 12.2 Å². The molecule has 0 aliphatic rings. The summed E-state index contributed by atoms with van der Waals surface area (Å²) < 4.78 is 3.20. The number of hydrogen-bond acceptors (Lipinski definition) is 2. The zero-order valence-electron chi connectivity index (χ0n) is 13.2. The number of thioether (sulfide) groups is 1. The van der Waals surface area contributed by atoms with Crippen molar-refractivity contribution < 1.29 is 0 Å². The Morgan fingerprint density at radius 3 is 2.61 bits per heavy atom. The van der Waals surface area contributed by atoms with Crippen LogP contribution in [0.25, 0.3) is 10.9 Å². The van der Waals surface area contributed by atoms with Gasteiger partial charge in [-0.2, -0.15) is 0 Å². The van der Waals surface area contributed by atoms with Gasteiger partial charge in [-0.15, -0.1) is 11.8 Å². The van der Waals surface area contributed by atoms with Crippen molar-refractivity contribution in [2.75, 3.05) is 12.8 Å². The van der Waals surface area contributed by atoms with Crippen LogP contribution in [0.15, 0.2) is 60.8 Å². The minimum absolute atomic E-state index is 0.859. The summed E-state index contributed by atoms with van der Waals surface area (Å²) in [6.45, 7) is 1.77. The van der Waals surface area contributed by atoms with Crippen LogP contribution in [0.3, 0.4) is 0 Å². The summed E-state index contributed by atoms with van der Waals surface area (Å²) in [5, 5.41) is 4.62. The lowest BCUT2D eigenvalue weighted by molar-refractivity contribution is 0.821. The molecule has 23 heavy (non-hydrogen) atoms. The molecule has 0 fully saturated rings. The molecule has 0 atom stereocenters. The molecule has 0 aliphatic carbocycles. The lowest BCUT2D eigenvalue weighted by Gasteiger charge is -2.05. The number of rotatable bonds is 5. The van der Waals surface area contributed by atoms with Crippen LogP contribution in [-0.2, 0) is 13.0 Å². The standard InChI is InChI=1S/C19H20N2S2/c1-23-19(22)20-12-11-16-14-21(13-15-7-3-2-4-8-15)18-10-6-5-9-17(16)18/h2-10,14H,11-13H2,1H3,(H,20,22). The lowest BCUT2D eigenvalue weighted by Crippen LogP contribution is -2.20. The number of aromatic nitrogens is 1. The molecular weight excluding hydrogens is 320 g/mol. The van der Waals surface area contributed by atoms with E-state index >= 15 is 0 Å². The van der Waals surface area contributed by atoms with Crippen molar-refractivity contribution in [3.05, 3.63) is 71.9 Å². The van der Waals surface area contributed by atoms with Gasteiger partial charge in [-0.1, -0.05) is 60.7 Å². The van der Waals surface area contributed by atoms with Crippen LogP contribution in [0, 0.1) is 0 Å². The molecule has 2 aromatic carbocycles. The molecule has 3 rings (SSSR count). The highest BCUT2D eigenvalue weighted by molar-refractivity contribution is 8.22. The molecule has 3 aromatic rings. The molecule has 1 heterocycles. The third-order valence-corrected chi connectivity index (χ3v) is 5.08. The second-order valence-corrected chi connectivity index (χ2v) is 6.94. The number of para-hydroxylation sites is 1. The van der Waals surface area contributed by atoms with E-state index in [0.717, 1.165) is 23.8 Å². The Kier molecular flexibility index (Phi) is 5.36. The van der Waals surface area contributed by atoms with Gasteiger partial charge in [0.05, 0.1) is 0 Å². The lowest BCUT2D eigenvalue weighted by atomic mass is 10.1. The van der Waals surface area contributed by atoms with Gasteiger partial charge in [-0.25, -0.2) is 0 Å². The maximum absolute atomic E-state index is 5.21. The first-order valence-corrected chi connectivity index (χ1v) is 9.33. The van der Waals surface area contributed by atoms with E-state index in [0.29, 0.717) is 0 Å². The van der Waals surface area contributed by atoms with Gasteiger partial charge in [0.1, 0.15) is 4.32 Å². The Morgan fingerprint density at radius 2 is 1.83 bits per heavy atom. The number of fused-ring (bicyclic) bond motifs is 1. The zero-order valence-corrected chi connectivity index (χ0v) is 14.8. The Bertz CT molecular complexity index is 793. The van der Waals surface area contributed by atoms with Crippen molar-refractivity contribution in [3.63, 3.8) is 0 Å². The molecule has 0 aliphatic heterocycles. The normalized spacial score (nSPS) is 10.8. The fourth-order valence-corrected chi connectivity index (χ4v) is 3.15. The van der Waals surface area contributed by atoms with Crippen molar-refractivity contribution >= 4 is 39.2 Å². The number of hydrogen-bond donors (Lipinski definition) is 1. The van der Waals surface area contributed by atoms with Gasteiger partial charge in [0.2, 0.25) is 0 Å². The zero-order chi connectivity index (χ0) is 16.1. The fraction of sp³-hybridized carbons (Fsp3) is 0.211. The van der Waals surface area contributed by atoms with Gasteiger partial charge in [-0.3, -0.25) is 0 Å². The van der Waals surface area contributed by atoms with Gasteiger partial charge in [0, 0.05) is 30.2 Å². The summed E-state index contributed by atoms with van der Waals surface area (Å²) >= 11 is 6.79. The first-order valence-electron chi connectivity index (χ1n) is 7.70. The van der Waals surface area contributed by atoms with E-state index in [9.17, 15) is 0 Å². The van der Waals surface area contributed by atoms with Gasteiger partial charge in [0.25, 0.3) is 0 Å². The maximum Gasteiger partial charge on any atom is 0.133 e. The summed E-state index contributed by atoms with van der Waals surface area (Å²) in [6, 6.07) is 19.2. The monoisotopic (exact) mass is 340 g/mol. The SMILES string of the molecule is CSC(=S)NCCc1cn(Cc2ccccc2)c2ccccc12. The Balaban J connectivity index is 1.83. The van der Waals surface area contributed by atoms with Crippen molar-refractivity contribution in [3.8, 4) is 0 Å². The molecule has 4 heteroatoms. The largest absolute Gasteiger partial charge is 0.371 e. The molecule has 118 valence electrons. The van der Waals surface area contributed by atoms with E-state index in [1.807, 2.05) is 6.26 Å². The van der Waals surface area contributed by atoms with Crippen LogP contribution < -0.4 is 5.32 Å². The van der Waals surface area contributed by atoms with Gasteiger partial charge in [-0.05, 0) is 29.9 Å². The molecule has 0 spiro atoms. The molecule has 1 N–H and O–H groups in total. The molecule has 0 amide bonds. The predicted octanol–water partition coefficient (Wildman–Crippen LogP) is 4.47. The van der Waals surface area contributed by atoms with Gasteiger partial charge >= 0.3 is 0 Å². The van der Waals surface area contributed by atoms with E-state index in [2.05, 4.69) is 70.7 Å². The van der Waals surface area contributed by atoms with Gasteiger partial charge < -0.3 is 9.88 Å². The minimum Gasteiger partial charge on any atom is -0.371 e. The molecule has 0 saturated heterocycles. The van der Waals surface area contributed by atoms with E-state index in [1.54, 1.807) is 11.8 Å². The average molecular weight is 341 g/mol. The molecule has 0 radical (unpaired) electrons.